The molecule has 0 aliphatic heterocycles. The van der Waals surface area contributed by atoms with Crippen molar-refractivity contribution in [3.63, 3.8) is 0 Å². The molecule has 0 saturated heterocycles. The maximum atomic E-state index is 12.3. The Labute approximate surface area is 146 Å². The molecule has 134 valence electrons. The second-order valence-electron chi connectivity index (χ2n) is 6.12. The smallest absolute Gasteiger partial charge is 0.244 e. The molecule has 0 spiro atoms. The normalized spacial score (nSPS) is 11.8. The average molecular weight is 333 g/mol. The lowest BCUT2D eigenvalue weighted by Gasteiger charge is -2.27. The predicted octanol–water partition coefficient (Wildman–Crippen LogP) is 3.43. The minimum Gasteiger partial charge on any atom is -0.372 e. The lowest BCUT2D eigenvalue weighted by atomic mass is 10.1. The second-order valence-corrected chi connectivity index (χ2v) is 6.12. The number of nitrogens with zero attached hydrogens (tertiary/aromatic N) is 2. The summed E-state index contributed by atoms with van der Waals surface area (Å²) in [5, 5.41) is 2.93. The largest absolute Gasteiger partial charge is 0.372 e. The fourth-order valence-electron chi connectivity index (χ4n) is 2.72. The van der Waals surface area contributed by atoms with Crippen LogP contribution >= 0.6 is 0 Å². The van der Waals surface area contributed by atoms with Crippen molar-refractivity contribution in [2.45, 2.75) is 54.0 Å². The van der Waals surface area contributed by atoms with Crippen molar-refractivity contribution in [1.29, 1.82) is 0 Å². The van der Waals surface area contributed by atoms with Gasteiger partial charge in [0, 0.05) is 37.4 Å². The van der Waals surface area contributed by atoms with Crippen LogP contribution in [-0.2, 0) is 9.59 Å². The number of nitrogens with one attached hydrogen (secondary N) is 1. The van der Waals surface area contributed by atoms with E-state index in [1.165, 1.54) is 6.92 Å². The number of carbonyl (C=O) groups excluding carboxylic acids is 2. The monoisotopic (exact) mass is 333 g/mol. The molecule has 0 radical (unpaired) electrons. The highest BCUT2D eigenvalue weighted by molar-refractivity contribution is 5.95. The highest BCUT2D eigenvalue weighted by Crippen LogP contribution is 2.22. The van der Waals surface area contributed by atoms with E-state index in [1.54, 1.807) is 4.90 Å². The summed E-state index contributed by atoms with van der Waals surface area (Å²) < 4.78 is 0. The van der Waals surface area contributed by atoms with Crippen molar-refractivity contribution in [2.75, 3.05) is 29.9 Å². The average Bonchev–Trinajstić information content (AvgIpc) is 2.55. The van der Waals surface area contributed by atoms with Gasteiger partial charge in [0.05, 0.1) is 0 Å². The Balaban J connectivity index is 2.81. The number of anilines is 2. The van der Waals surface area contributed by atoms with Gasteiger partial charge in [-0.25, -0.2) is 0 Å². The summed E-state index contributed by atoms with van der Waals surface area (Å²) in [6.45, 7) is 13.7. The summed E-state index contributed by atoms with van der Waals surface area (Å²) >= 11 is 0. The van der Waals surface area contributed by atoms with Crippen LogP contribution in [0.4, 0.5) is 11.4 Å². The van der Waals surface area contributed by atoms with Gasteiger partial charge in [0.25, 0.3) is 0 Å². The van der Waals surface area contributed by atoms with E-state index in [9.17, 15) is 9.59 Å². The summed E-state index contributed by atoms with van der Waals surface area (Å²) in [5.74, 6) is -0.239. The second kappa shape index (κ2) is 9.30. The number of benzene rings is 1. The first kappa shape index (κ1) is 20.0. The molecule has 0 aliphatic carbocycles. The van der Waals surface area contributed by atoms with E-state index < -0.39 is 0 Å². The predicted molar refractivity (Wildman–Crippen MR) is 101 cm³/mol. The minimum atomic E-state index is -0.163. The van der Waals surface area contributed by atoms with Gasteiger partial charge in [-0.3, -0.25) is 9.59 Å². The van der Waals surface area contributed by atoms with Crippen molar-refractivity contribution in [2.24, 2.45) is 0 Å². The van der Waals surface area contributed by atoms with Gasteiger partial charge in [-0.15, -0.1) is 0 Å². The van der Waals surface area contributed by atoms with E-state index in [-0.39, 0.29) is 24.4 Å². The van der Waals surface area contributed by atoms with Crippen molar-refractivity contribution in [3.8, 4) is 0 Å². The zero-order chi connectivity index (χ0) is 18.3. The fraction of sp³-hybridized carbons (Fsp3) is 0.579. The van der Waals surface area contributed by atoms with Gasteiger partial charge in [0.1, 0.15) is 6.54 Å². The van der Waals surface area contributed by atoms with Crippen LogP contribution < -0.4 is 10.2 Å². The topological polar surface area (TPSA) is 52.7 Å². The van der Waals surface area contributed by atoms with Crippen molar-refractivity contribution in [1.82, 2.24) is 4.90 Å². The number of carbonyl (C=O) groups is 2. The highest BCUT2D eigenvalue weighted by atomic mass is 16.2. The molecule has 24 heavy (non-hydrogen) atoms. The van der Waals surface area contributed by atoms with Gasteiger partial charge in [-0.2, -0.15) is 0 Å². The fourth-order valence-corrected chi connectivity index (χ4v) is 2.72. The number of hydrogen-bond acceptors (Lipinski definition) is 3. The van der Waals surface area contributed by atoms with Crippen LogP contribution in [0.15, 0.2) is 18.2 Å². The van der Waals surface area contributed by atoms with Crippen LogP contribution in [0, 0.1) is 6.92 Å². The zero-order valence-electron chi connectivity index (χ0n) is 15.8. The van der Waals surface area contributed by atoms with Crippen LogP contribution in [-0.4, -0.2) is 42.4 Å². The Kier molecular flexibility index (Phi) is 7.75. The quantitative estimate of drug-likeness (QED) is 0.793. The molecule has 0 aliphatic rings. The summed E-state index contributed by atoms with van der Waals surface area (Å²) in [7, 11) is 0. The van der Waals surface area contributed by atoms with E-state index in [0.29, 0.717) is 0 Å². The summed E-state index contributed by atoms with van der Waals surface area (Å²) in [5.41, 5.74) is 2.97. The molecular formula is C19H31N3O2. The number of rotatable bonds is 8. The Bertz CT molecular complexity index is 568. The Hall–Kier alpha value is -2.04. The summed E-state index contributed by atoms with van der Waals surface area (Å²) in [6, 6.07) is 6.09. The van der Waals surface area contributed by atoms with Gasteiger partial charge in [0.2, 0.25) is 11.8 Å². The van der Waals surface area contributed by atoms with Crippen molar-refractivity contribution >= 4 is 23.2 Å². The highest BCUT2D eigenvalue weighted by Gasteiger charge is 2.19. The third kappa shape index (κ3) is 5.25. The third-order valence-corrected chi connectivity index (χ3v) is 4.45. The zero-order valence-corrected chi connectivity index (χ0v) is 15.8. The number of hydrogen-bond donors (Lipinski definition) is 1. The molecule has 0 fully saturated rings. The standard InChI is InChI=1S/C19H31N3O2/c1-7-15(5)22(16(6)23)13-19(24)20-18-11-10-17(12-14(18)4)21(8-2)9-3/h10-12,15H,7-9,13H2,1-6H3,(H,20,24). The molecule has 1 atom stereocenters. The molecule has 5 nitrogen and oxygen atoms in total. The maximum absolute atomic E-state index is 12.3. The number of aryl methyl sites for hydroxylation is 1. The summed E-state index contributed by atoms with van der Waals surface area (Å²) in [4.78, 5) is 27.9. The molecule has 0 saturated carbocycles. The van der Waals surface area contributed by atoms with E-state index in [1.807, 2.05) is 32.9 Å². The first-order chi connectivity index (χ1) is 11.3. The minimum absolute atomic E-state index is 0.0550. The molecule has 1 rings (SSSR count). The van der Waals surface area contributed by atoms with E-state index in [4.69, 9.17) is 0 Å². The molecular weight excluding hydrogens is 302 g/mol. The molecule has 1 aromatic carbocycles. The van der Waals surface area contributed by atoms with Crippen molar-refractivity contribution in [3.05, 3.63) is 23.8 Å². The molecule has 1 N–H and O–H groups in total. The van der Waals surface area contributed by atoms with Gasteiger partial charge in [-0.1, -0.05) is 6.92 Å². The van der Waals surface area contributed by atoms with E-state index in [2.05, 4.69) is 30.1 Å². The SMILES string of the molecule is CCC(C)N(CC(=O)Nc1ccc(N(CC)CC)cc1C)C(C)=O. The van der Waals surface area contributed by atoms with E-state index in [0.717, 1.165) is 36.4 Å². The van der Waals surface area contributed by atoms with Crippen LogP contribution in [0.25, 0.3) is 0 Å². The van der Waals surface area contributed by atoms with Crippen LogP contribution in [0.2, 0.25) is 0 Å². The van der Waals surface area contributed by atoms with E-state index >= 15 is 0 Å². The van der Waals surface area contributed by atoms with Gasteiger partial charge in [0.15, 0.2) is 0 Å². The van der Waals surface area contributed by atoms with Gasteiger partial charge >= 0.3 is 0 Å². The third-order valence-electron chi connectivity index (χ3n) is 4.45. The molecule has 2 amide bonds. The molecule has 1 aromatic rings. The van der Waals surface area contributed by atoms with Crippen LogP contribution in [0.5, 0.6) is 0 Å². The molecule has 0 bridgehead atoms. The molecule has 0 aromatic heterocycles. The first-order valence-corrected chi connectivity index (χ1v) is 8.76. The molecule has 0 heterocycles. The lowest BCUT2D eigenvalue weighted by molar-refractivity contribution is -0.134. The van der Waals surface area contributed by atoms with Crippen molar-refractivity contribution < 1.29 is 9.59 Å². The van der Waals surface area contributed by atoms with Crippen LogP contribution in [0.3, 0.4) is 0 Å². The Morgan fingerprint density at radius 2 is 1.79 bits per heavy atom. The molecule has 1 unspecified atom stereocenters. The van der Waals surface area contributed by atoms with Crippen LogP contribution in [0.1, 0.15) is 46.6 Å². The lowest BCUT2D eigenvalue weighted by Crippen LogP contribution is -2.42. The number of amides is 2. The first-order valence-electron chi connectivity index (χ1n) is 8.76. The Morgan fingerprint density at radius 3 is 2.25 bits per heavy atom. The van der Waals surface area contributed by atoms with Gasteiger partial charge in [-0.05, 0) is 57.9 Å². The van der Waals surface area contributed by atoms with Gasteiger partial charge < -0.3 is 15.1 Å². The Morgan fingerprint density at radius 1 is 1.17 bits per heavy atom. The molecule has 5 heteroatoms. The summed E-state index contributed by atoms with van der Waals surface area (Å²) in [6.07, 6.45) is 0.824. The maximum Gasteiger partial charge on any atom is 0.244 e.